The molecule has 0 bridgehead atoms. The Labute approximate surface area is 138 Å². The Kier molecular flexibility index (Phi) is 4.04. The maximum absolute atomic E-state index is 11.2. The van der Waals surface area contributed by atoms with Crippen molar-refractivity contribution in [2.75, 3.05) is 24.5 Å². The van der Waals surface area contributed by atoms with E-state index in [2.05, 4.69) is 15.1 Å². The number of nitrogens with zero attached hydrogens (tertiary/aromatic N) is 7. The lowest BCUT2D eigenvalue weighted by molar-refractivity contribution is 0.122. The molecule has 9 nitrogen and oxygen atoms in total. The predicted octanol–water partition coefficient (Wildman–Crippen LogP) is 0.937. The Bertz CT molecular complexity index is 810. The third-order valence-electron chi connectivity index (χ3n) is 4.04. The van der Waals surface area contributed by atoms with Gasteiger partial charge in [-0.1, -0.05) is 0 Å². The van der Waals surface area contributed by atoms with Gasteiger partial charge in [0.25, 0.3) is 0 Å². The topological polar surface area (TPSA) is 111 Å². The highest BCUT2D eigenvalue weighted by atomic mass is 16.4. The van der Waals surface area contributed by atoms with Crippen LogP contribution in [0.2, 0.25) is 0 Å². The van der Waals surface area contributed by atoms with E-state index in [0.717, 1.165) is 5.56 Å². The highest BCUT2D eigenvalue weighted by molar-refractivity contribution is 5.67. The van der Waals surface area contributed by atoms with Gasteiger partial charge in [-0.2, -0.15) is 10.4 Å². The lowest BCUT2D eigenvalue weighted by Gasteiger charge is -2.38. The van der Waals surface area contributed by atoms with Crippen LogP contribution in [0.4, 0.5) is 10.6 Å². The first-order valence-corrected chi connectivity index (χ1v) is 7.50. The number of aromatic nitrogens is 4. The van der Waals surface area contributed by atoms with Crippen LogP contribution in [0.25, 0.3) is 11.3 Å². The van der Waals surface area contributed by atoms with Crippen LogP contribution in [0.1, 0.15) is 12.6 Å². The summed E-state index contributed by atoms with van der Waals surface area (Å²) < 4.78 is 1.64. The third-order valence-corrected chi connectivity index (χ3v) is 4.04. The highest BCUT2D eigenvalue weighted by Crippen LogP contribution is 2.24. The van der Waals surface area contributed by atoms with E-state index in [9.17, 15) is 10.1 Å². The number of piperazine rings is 1. The van der Waals surface area contributed by atoms with Crippen molar-refractivity contribution in [1.29, 1.82) is 5.26 Å². The van der Waals surface area contributed by atoms with Crippen molar-refractivity contribution in [1.82, 2.24) is 24.6 Å². The van der Waals surface area contributed by atoms with Crippen LogP contribution < -0.4 is 4.90 Å². The molecule has 3 rings (SSSR count). The summed E-state index contributed by atoms with van der Waals surface area (Å²) in [6, 6.07) is 1.91. The molecule has 1 atom stereocenters. The summed E-state index contributed by atoms with van der Waals surface area (Å²) in [5.74, 6) is 0.629. The first-order valence-electron chi connectivity index (χ1n) is 7.50. The maximum atomic E-state index is 11.2. The van der Waals surface area contributed by atoms with Crippen LogP contribution in [0.5, 0.6) is 0 Å². The molecule has 1 amide bonds. The minimum Gasteiger partial charge on any atom is -0.465 e. The normalized spacial score (nSPS) is 17.6. The molecule has 1 saturated heterocycles. The molecule has 0 aliphatic carbocycles. The summed E-state index contributed by atoms with van der Waals surface area (Å²) in [6.45, 7) is 3.32. The summed E-state index contributed by atoms with van der Waals surface area (Å²) >= 11 is 0. The van der Waals surface area contributed by atoms with Crippen molar-refractivity contribution in [2.24, 2.45) is 7.05 Å². The second-order valence-electron chi connectivity index (χ2n) is 5.71. The summed E-state index contributed by atoms with van der Waals surface area (Å²) in [5.41, 5.74) is 1.45. The Morgan fingerprint density at radius 3 is 2.79 bits per heavy atom. The first kappa shape index (κ1) is 15.7. The molecular weight excluding hydrogens is 310 g/mol. The predicted molar refractivity (Wildman–Crippen MR) is 85.4 cm³/mol. The zero-order valence-electron chi connectivity index (χ0n) is 13.4. The zero-order chi connectivity index (χ0) is 17.3. The fraction of sp³-hybridized carbons (Fsp3) is 0.400. The second kappa shape index (κ2) is 6.16. The Morgan fingerprint density at radius 1 is 1.42 bits per heavy atom. The molecule has 2 aromatic heterocycles. The van der Waals surface area contributed by atoms with Crippen LogP contribution in [-0.4, -0.2) is 61.5 Å². The fourth-order valence-corrected chi connectivity index (χ4v) is 2.81. The number of amides is 1. The smallest absolute Gasteiger partial charge is 0.407 e. The number of aryl methyl sites for hydroxylation is 1. The van der Waals surface area contributed by atoms with Crippen LogP contribution in [-0.2, 0) is 7.05 Å². The van der Waals surface area contributed by atoms with Gasteiger partial charge in [0.2, 0.25) is 0 Å². The third kappa shape index (κ3) is 2.86. The lowest BCUT2D eigenvalue weighted by atomic mass is 10.2. The molecule has 0 aromatic carbocycles. The number of anilines is 1. The number of hydrogen-bond donors (Lipinski definition) is 1. The standard InChI is InChI=1S/C15H17N7O2/c1-10-8-21(3-4-22(10)15(23)24)13-7-17-12(5-16)14(19-13)11-6-18-20(2)9-11/h6-7,9-10H,3-4,8H2,1-2H3,(H,23,24)/t10-/m1/s1. The number of carboxylic acid groups (broad SMARTS) is 1. The molecule has 0 radical (unpaired) electrons. The molecule has 1 aliphatic heterocycles. The fourth-order valence-electron chi connectivity index (χ4n) is 2.81. The van der Waals surface area contributed by atoms with E-state index in [1.54, 1.807) is 30.3 Å². The van der Waals surface area contributed by atoms with Crippen molar-refractivity contribution in [3.8, 4) is 17.3 Å². The largest absolute Gasteiger partial charge is 0.465 e. The van der Waals surface area contributed by atoms with E-state index in [4.69, 9.17) is 5.11 Å². The van der Waals surface area contributed by atoms with Gasteiger partial charge < -0.3 is 14.9 Å². The minimum atomic E-state index is -0.913. The first-order chi connectivity index (χ1) is 11.5. The Hall–Kier alpha value is -3.15. The van der Waals surface area contributed by atoms with Crippen LogP contribution in [0, 0.1) is 11.3 Å². The van der Waals surface area contributed by atoms with Gasteiger partial charge in [0, 0.05) is 44.5 Å². The average molecular weight is 327 g/mol. The molecule has 1 aliphatic rings. The highest BCUT2D eigenvalue weighted by Gasteiger charge is 2.28. The maximum Gasteiger partial charge on any atom is 0.407 e. The van der Waals surface area contributed by atoms with E-state index in [0.29, 0.717) is 31.1 Å². The van der Waals surface area contributed by atoms with Crippen LogP contribution in [0.15, 0.2) is 18.6 Å². The molecule has 24 heavy (non-hydrogen) atoms. The summed E-state index contributed by atoms with van der Waals surface area (Å²) in [5, 5.41) is 22.5. The van der Waals surface area contributed by atoms with E-state index in [1.165, 1.54) is 4.90 Å². The van der Waals surface area contributed by atoms with Gasteiger partial charge in [-0.05, 0) is 6.92 Å². The minimum absolute atomic E-state index is 0.143. The monoisotopic (exact) mass is 327 g/mol. The quantitative estimate of drug-likeness (QED) is 0.873. The van der Waals surface area contributed by atoms with Crippen molar-refractivity contribution in [3.05, 3.63) is 24.3 Å². The van der Waals surface area contributed by atoms with Gasteiger partial charge in [0.15, 0.2) is 5.69 Å². The Morgan fingerprint density at radius 2 is 2.21 bits per heavy atom. The Balaban J connectivity index is 1.90. The molecule has 0 unspecified atom stereocenters. The molecule has 0 saturated carbocycles. The van der Waals surface area contributed by atoms with Gasteiger partial charge in [-0.3, -0.25) is 4.68 Å². The number of hydrogen-bond acceptors (Lipinski definition) is 6. The van der Waals surface area contributed by atoms with Crippen LogP contribution >= 0.6 is 0 Å². The van der Waals surface area contributed by atoms with Crippen molar-refractivity contribution < 1.29 is 9.90 Å². The summed E-state index contributed by atoms with van der Waals surface area (Å²) in [4.78, 5) is 23.3. The van der Waals surface area contributed by atoms with Gasteiger partial charge in [-0.25, -0.2) is 14.8 Å². The van der Waals surface area contributed by atoms with Crippen LogP contribution in [0.3, 0.4) is 0 Å². The number of rotatable bonds is 2. The van der Waals surface area contributed by atoms with Gasteiger partial charge in [0.05, 0.1) is 12.4 Å². The van der Waals surface area contributed by atoms with E-state index >= 15 is 0 Å². The molecule has 0 spiro atoms. The van der Waals surface area contributed by atoms with Gasteiger partial charge >= 0.3 is 6.09 Å². The summed E-state index contributed by atoms with van der Waals surface area (Å²) in [6.07, 6.45) is 4.06. The number of nitriles is 1. The molecule has 1 fully saturated rings. The van der Waals surface area contributed by atoms with Gasteiger partial charge in [0.1, 0.15) is 17.6 Å². The molecule has 1 N–H and O–H groups in total. The van der Waals surface area contributed by atoms with Gasteiger partial charge in [-0.15, -0.1) is 0 Å². The van der Waals surface area contributed by atoms with E-state index in [-0.39, 0.29) is 11.7 Å². The SMILES string of the molecule is C[C@@H]1CN(c2cnc(C#N)c(-c3cnn(C)c3)n2)CCN1C(=O)O. The van der Waals surface area contributed by atoms with Crippen molar-refractivity contribution in [2.45, 2.75) is 13.0 Å². The lowest BCUT2D eigenvalue weighted by Crippen LogP contribution is -2.54. The summed E-state index contributed by atoms with van der Waals surface area (Å²) in [7, 11) is 1.79. The molecule has 2 aromatic rings. The number of carbonyl (C=O) groups is 1. The van der Waals surface area contributed by atoms with E-state index < -0.39 is 6.09 Å². The molecule has 3 heterocycles. The molecule has 124 valence electrons. The van der Waals surface area contributed by atoms with E-state index in [1.807, 2.05) is 17.9 Å². The van der Waals surface area contributed by atoms with Crippen molar-refractivity contribution in [3.63, 3.8) is 0 Å². The zero-order valence-corrected chi connectivity index (χ0v) is 13.4. The van der Waals surface area contributed by atoms with Crippen molar-refractivity contribution >= 4 is 11.9 Å². The second-order valence-corrected chi connectivity index (χ2v) is 5.71. The molecular formula is C15H17N7O2. The average Bonchev–Trinajstić information content (AvgIpc) is 3.00. The molecule has 9 heteroatoms.